The summed E-state index contributed by atoms with van der Waals surface area (Å²) in [4.78, 5) is 9.08. The zero-order chi connectivity index (χ0) is 19.8. The zero-order valence-corrected chi connectivity index (χ0v) is 16.6. The van der Waals surface area contributed by atoms with Gasteiger partial charge in [0.15, 0.2) is 0 Å². The molecule has 3 aromatic rings. The topological polar surface area (TPSA) is 91.5 Å². The lowest BCUT2D eigenvalue weighted by Gasteiger charge is -2.28. The van der Waals surface area contributed by atoms with E-state index >= 15 is 0 Å². The number of hydrogen-bond acceptors (Lipinski definition) is 7. The fourth-order valence-electron chi connectivity index (χ4n) is 3.28. The number of anilines is 2. The van der Waals surface area contributed by atoms with Crippen molar-refractivity contribution in [2.24, 2.45) is 0 Å². The predicted octanol–water partition coefficient (Wildman–Crippen LogP) is 3.67. The molecule has 8 heteroatoms. The molecule has 0 spiro atoms. The van der Waals surface area contributed by atoms with E-state index in [4.69, 9.17) is 36.5 Å². The highest BCUT2D eigenvalue weighted by Gasteiger charge is 2.23. The Labute approximate surface area is 167 Å². The second kappa shape index (κ2) is 7.33. The van der Waals surface area contributed by atoms with E-state index in [1.165, 1.54) is 0 Å². The van der Waals surface area contributed by atoms with E-state index in [0.29, 0.717) is 47.1 Å². The third-order valence-corrected chi connectivity index (χ3v) is 5.23. The molecular weight excluding hydrogens is 380 g/mol. The van der Waals surface area contributed by atoms with Crippen LogP contribution in [0.25, 0.3) is 22.0 Å². The predicted molar refractivity (Wildman–Crippen MR) is 110 cm³/mol. The number of ether oxygens (including phenoxy) is 3. The molecule has 1 aromatic carbocycles. The van der Waals surface area contributed by atoms with Gasteiger partial charge >= 0.3 is 0 Å². The van der Waals surface area contributed by atoms with Crippen LogP contribution >= 0.6 is 11.6 Å². The number of nitrogens with two attached hydrogens (primary N) is 1. The first-order valence-electron chi connectivity index (χ1n) is 8.83. The van der Waals surface area contributed by atoms with Crippen molar-refractivity contribution in [2.75, 3.05) is 38.5 Å². The number of halogens is 1. The Morgan fingerprint density at radius 1 is 1.18 bits per heavy atom. The first-order valence-corrected chi connectivity index (χ1v) is 9.21. The molecule has 0 atom stereocenters. The number of pyridine rings is 2. The van der Waals surface area contributed by atoms with Crippen LogP contribution in [-0.4, -0.2) is 43.4 Å². The molecule has 1 aliphatic heterocycles. The SMILES string of the molecule is COc1cc(OC)c(Cl)c(-c2cc3cnc(N)cc3c(NC3COC3)n2)c1C. The van der Waals surface area contributed by atoms with Crippen LogP contribution in [0.5, 0.6) is 11.5 Å². The van der Waals surface area contributed by atoms with Crippen molar-refractivity contribution >= 4 is 34.0 Å². The number of rotatable bonds is 5. The van der Waals surface area contributed by atoms with Gasteiger partial charge in [0.1, 0.15) is 23.1 Å². The Bertz CT molecular complexity index is 1030. The molecule has 146 valence electrons. The standard InChI is InChI=1S/C20H21ClN4O3/c1-10-15(26-2)6-16(27-3)19(21)18(10)14-4-11-7-23-17(22)5-13(11)20(25-14)24-12-8-28-9-12/h4-7,12H,8-9H2,1-3H3,(H2,22,23)(H,24,25). The van der Waals surface area contributed by atoms with Crippen molar-refractivity contribution < 1.29 is 14.2 Å². The van der Waals surface area contributed by atoms with E-state index in [9.17, 15) is 0 Å². The highest BCUT2D eigenvalue weighted by atomic mass is 35.5. The van der Waals surface area contributed by atoms with Crippen LogP contribution in [-0.2, 0) is 4.74 Å². The Kier molecular flexibility index (Phi) is 4.87. The van der Waals surface area contributed by atoms with Gasteiger partial charge in [-0.05, 0) is 19.1 Å². The molecule has 1 fully saturated rings. The maximum Gasteiger partial charge on any atom is 0.141 e. The maximum absolute atomic E-state index is 6.65. The molecule has 2 aromatic heterocycles. The summed E-state index contributed by atoms with van der Waals surface area (Å²) in [5, 5.41) is 5.71. The van der Waals surface area contributed by atoms with E-state index < -0.39 is 0 Å². The average molecular weight is 401 g/mol. The fourth-order valence-corrected chi connectivity index (χ4v) is 3.65. The third-order valence-electron chi connectivity index (χ3n) is 4.85. The highest BCUT2D eigenvalue weighted by Crippen LogP contribution is 2.43. The number of nitrogens with one attached hydrogen (secondary N) is 1. The van der Waals surface area contributed by atoms with Crippen LogP contribution in [0.15, 0.2) is 24.4 Å². The molecule has 0 aliphatic carbocycles. The number of nitrogen functional groups attached to an aromatic ring is 1. The summed E-state index contributed by atoms with van der Waals surface area (Å²) in [5.74, 6) is 2.35. The summed E-state index contributed by atoms with van der Waals surface area (Å²) < 4.78 is 16.2. The monoisotopic (exact) mass is 400 g/mol. The number of benzene rings is 1. The third kappa shape index (κ3) is 3.16. The molecule has 4 rings (SSSR count). The molecule has 3 N–H and O–H groups in total. The van der Waals surface area contributed by atoms with Gasteiger partial charge in [-0.1, -0.05) is 11.6 Å². The van der Waals surface area contributed by atoms with Gasteiger partial charge in [-0.15, -0.1) is 0 Å². The Hall–Kier alpha value is -2.77. The molecule has 0 unspecified atom stereocenters. The van der Waals surface area contributed by atoms with Gasteiger partial charge in [-0.3, -0.25) is 0 Å². The van der Waals surface area contributed by atoms with Gasteiger partial charge in [0.25, 0.3) is 0 Å². The second-order valence-electron chi connectivity index (χ2n) is 6.66. The van der Waals surface area contributed by atoms with Crippen LogP contribution in [0.4, 0.5) is 11.6 Å². The zero-order valence-electron chi connectivity index (χ0n) is 15.9. The lowest BCUT2D eigenvalue weighted by Crippen LogP contribution is -2.40. The number of fused-ring (bicyclic) bond motifs is 1. The van der Waals surface area contributed by atoms with Crippen molar-refractivity contribution in [1.29, 1.82) is 0 Å². The summed E-state index contributed by atoms with van der Waals surface area (Å²) in [6, 6.07) is 5.73. The number of methoxy groups -OCH3 is 2. The van der Waals surface area contributed by atoms with E-state index in [1.54, 1.807) is 26.5 Å². The summed E-state index contributed by atoms with van der Waals surface area (Å²) in [6.07, 6.45) is 1.74. The van der Waals surface area contributed by atoms with Crippen molar-refractivity contribution in [2.45, 2.75) is 13.0 Å². The molecule has 0 radical (unpaired) electrons. The minimum atomic E-state index is 0.205. The van der Waals surface area contributed by atoms with Gasteiger partial charge < -0.3 is 25.3 Å². The van der Waals surface area contributed by atoms with E-state index in [1.807, 2.05) is 19.1 Å². The lowest BCUT2D eigenvalue weighted by atomic mass is 10.0. The normalized spacial score (nSPS) is 14.0. The maximum atomic E-state index is 6.65. The molecule has 0 bridgehead atoms. The van der Waals surface area contributed by atoms with Crippen LogP contribution in [0.2, 0.25) is 5.02 Å². The molecule has 3 heterocycles. The summed E-state index contributed by atoms with van der Waals surface area (Å²) in [5.41, 5.74) is 8.22. The first kappa shape index (κ1) is 18.6. The molecule has 1 aliphatic rings. The van der Waals surface area contributed by atoms with Crippen molar-refractivity contribution in [3.05, 3.63) is 35.0 Å². The van der Waals surface area contributed by atoms with Gasteiger partial charge in [0, 0.05) is 34.2 Å². The second-order valence-corrected chi connectivity index (χ2v) is 7.04. The summed E-state index contributed by atoms with van der Waals surface area (Å²) in [7, 11) is 3.19. The molecule has 7 nitrogen and oxygen atoms in total. The van der Waals surface area contributed by atoms with Crippen LogP contribution in [0, 0.1) is 6.92 Å². The van der Waals surface area contributed by atoms with E-state index in [-0.39, 0.29) is 6.04 Å². The van der Waals surface area contributed by atoms with Gasteiger partial charge in [-0.2, -0.15) is 0 Å². The van der Waals surface area contributed by atoms with Crippen molar-refractivity contribution in [1.82, 2.24) is 9.97 Å². The molecule has 28 heavy (non-hydrogen) atoms. The van der Waals surface area contributed by atoms with Gasteiger partial charge in [-0.25, -0.2) is 9.97 Å². The first-order chi connectivity index (χ1) is 13.5. The molecule has 0 saturated carbocycles. The lowest BCUT2D eigenvalue weighted by molar-refractivity contribution is 0.0210. The minimum absolute atomic E-state index is 0.205. The number of hydrogen-bond donors (Lipinski definition) is 2. The largest absolute Gasteiger partial charge is 0.496 e. The highest BCUT2D eigenvalue weighted by molar-refractivity contribution is 6.35. The van der Waals surface area contributed by atoms with Crippen LogP contribution in [0.3, 0.4) is 0 Å². The van der Waals surface area contributed by atoms with E-state index in [2.05, 4.69) is 10.3 Å². The van der Waals surface area contributed by atoms with Crippen LogP contribution in [0.1, 0.15) is 5.56 Å². The van der Waals surface area contributed by atoms with Gasteiger partial charge in [0.2, 0.25) is 0 Å². The molecule has 1 saturated heterocycles. The Morgan fingerprint density at radius 3 is 2.57 bits per heavy atom. The molecule has 0 amide bonds. The summed E-state index contributed by atoms with van der Waals surface area (Å²) in [6.45, 7) is 3.22. The van der Waals surface area contributed by atoms with E-state index in [0.717, 1.165) is 21.9 Å². The Morgan fingerprint density at radius 2 is 1.93 bits per heavy atom. The molecular formula is C20H21ClN4O3. The number of aromatic nitrogens is 2. The van der Waals surface area contributed by atoms with Crippen LogP contribution < -0.4 is 20.5 Å². The van der Waals surface area contributed by atoms with Gasteiger partial charge in [0.05, 0.1) is 44.2 Å². The minimum Gasteiger partial charge on any atom is -0.496 e. The quantitative estimate of drug-likeness (QED) is 0.675. The van der Waals surface area contributed by atoms with Crippen molar-refractivity contribution in [3.63, 3.8) is 0 Å². The summed E-state index contributed by atoms with van der Waals surface area (Å²) >= 11 is 6.65. The number of nitrogens with zero attached hydrogens (tertiary/aromatic N) is 2. The average Bonchev–Trinajstić information content (AvgIpc) is 2.65. The fraction of sp³-hybridized carbons (Fsp3) is 0.300. The van der Waals surface area contributed by atoms with Crippen molar-refractivity contribution in [3.8, 4) is 22.8 Å². The smallest absolute Gasteiger partial charge is 0.141 e. The Balaban J connectivity index is 1.95.